The average molecular weight is 296 g/mol. The van der Waals surface area contributed by atoms with E-state index in [1.54, 1.807) is 0 Å². The monoisotopic (exact) mass is 295 g/mol. The summed E-state index contributed by atoms with van der Waals surface area (Å²) in [7, 11) is 0. The summed E-state index contributed by atoms with van der Waals surface area (Å²) in [5, 5.41) is 13.5. The molecule has 1 aromatic rings. The third kappa shape index (κ3) is 2.23. The van der Waals surface area contributed by atoms with Crippen molar-refractivity contribution in [2.45, 2.75) is 38.3 Å². The minimum atomic E-state index is 0.378. The van der Waals surface area contributed by atoms with Crippen LogP contribution in [0.5, 0.6) is 5.75 Å². The number of para-hydroxylation sites is 1. The Labute approximate surface area is 111 Å². The summed E-state index contributed by atoms with van der Waals surface area (Å²) in [5.41, 5.74) is 0.988. The molecule has 2 N–H and O–H groups in total. The Balaban J connectivity index is 1.62. The molecule has 2 saturated carbocycles. The molecule has 0 spiro atoms. The molecule has 0 heterocycles. The molecule has 3 heteroatoms. The number of hydrogen-bond donors (Lipinski definition) is 2. The topological polar surface area (TPSA) is 32.3 Å². The van der Waals surface area contributed by atoms with Crippen LogP contribution in [0.25, 0.3) is 0 Å². The van der Waals surface area contributed by atoms with Crippen LogP contribution in [0.4, 0.5) is 0 Å². The van der Waals surface area contributed by atoms with Gasteiger partial charge in [0.05, 0.1) is 4.47 Å². The van der Waals surface area contributed by atoms with E-state index in [9.17, 15) is 5.11 Å². The molecule has 3 rings (SSSR count). The fraction of sp³-hybridized carbons (Fsp3) is 0.571. The van der Waals surface area contributed by atoms with Gasteiger partial charge >= 0.3 is 0 Å². The quantitative estimate of drug-likeness (QED) is 0.895. The first kappa shape index (κ1) is 11.5. The fourth-order valence-corrected chi connectivity index (χ4v) is 3.85. The standard InChI is InChI=1S/C14H18BrNO/c15-12-3-1-2-11(14(12)17)8-16-13-7-9-4-5-10(13)6-9/h1-3,9-10,13,16-17H,4-8H2. The lowest BCUT2D eigenvalue weighted by atomic mass is 9.95. The van der Waals surface area contributed by atoms with Crippen LogP contribution in [0.3, 0.4) is 0 Å². The van der Waals surface area contributed by atoms with Gasteiger partial charge in [0.1, 0.15) is 5.75 Å². The second-order valence-electron chi connectivity index (χ2n) is 5.41. The maximum absolute atomic E-state index is 9.92. The van der Waals surface area contributed by atoms with Gasteiger partial charge in [-0.15, -0.1) is 0 Å². The van der Waals surface area contributed by atoms with Crippen molar-refractivity contribution in [2.75, 3.05) is 0 Å². The number of rotatable bonds is 3. The van der Waals surface area contributed by atoms with Crippen LogP contribution in [0, 0.1) is 11.8 Å². The predicted octanol–water partition coefficient (Wildman–Crippen LogP) is 3.43. The number of fused-ring (bicyclic) bond motifs is 2. The molecule has 3 atom stereocenters. The Hall–Kier alpha value is -0.540. The zero-order chi connectivity index (χ0) is 11.8. The first-order valence-electron chi connectivity index (χ1n) is 6.44. The Morgan fingerprint density at radius 1 is 1.29 bits per heavy atom. The third-order valence-corrected chi connectivity index (χ3v) is 5.00. The van der Waals surface area contributed by atoms with E-state index in [0.29, 0.717) is 11.8 Å². The molecule has 0 amide bonds. The van der Waals surface area contributed by atoms with Crippen molar-refractivity contribution in [1.29, 1.82) is 0 Å². The molecular formula is C14H18BrNO. The second kappa shape index (κ2) is 4.62. The van der Waals surface area contributed by atoms with E-state index < -0.39 is 0 Å². The highest BCUT2D eigenvalue weighted by Gasteiger charge is 2.38. The fourth-order valence-electron chi connectivity index (χ4n) is 3.44. The maximum atomic E-state index is 9.92. The Morgan fingerprint density at radius 3 is 2.88 bits per heavy atom. The van der Waals surface area contributed by atoms with Gasteiger partial charge in [-0.1, -0.05) is 18.6 Å². The van der Waals surface area contributed by atoms with Gasteiger partial charge in [0.2, 0.25) is 0 Å². The second-order valence-corrected chi connectivity index (χ2v) is 6.26. The summed E-state index contributed by atoms with van der Waals surface area (Å²) in [4.78, 5) is 0. The molecule has 1 aromatic carbocycles. The predicted molar refractivity (Wildman–Crippen MR) is 71.9 cm³/mol. The summed E-state index contributed by atoms with van der Waals surface area (Å²) < 4.78 is 0.782. The minimum absolute atomic E-state index is 0.378. The van der Waals surface area contributed by atoms with Gasteiger partial charge < -0.3 is 10.4 Å². The summed E-state index contributed by atoms with van der Waals surface area (Å²) in [6.45, 7) is 0.777. The summed E-state index contributed by atoms with van der Waals surface area (Å²) in [6, 6.07) is 6.50. The van der Waals surface area contributed by atoms with Crippen molar-refractivity contribution >= 4 is 15.9 Å². The van der Waals surface area contributed by atoms with Crippen LogP contribution in [0.2, 0.25) is 0 Å². The van der Waals surface area contributed by atoms with Gasteiger partial charge in [-0.3, -0.25) is 0 Å². The molecule has 2 nitrogen and oxygen atoms in total. The number of phenolic OH excluding ortho intramolecular Hbond substituents is 1. The molecule has 0 aromatic heterocycles. The SMILES string of the molecule is Oc1c(Br)cccc1CNC1CC2CCC1C2. The molecule has 2 aliphatic carbocycles. The highest BCUT2D eigenvalue weighted by atomic mass is 79.9. The summed E-state index contributed by atoms with van der Waals surface area (Å²) in [6.07, 6.45) is 5.58. The van der Waals surface area contributed by atoms with Gasteiger partial charge in [-0.25, -0.2) is 0 Å². The maximum Gasteiger partial charge on any atom is 0.134 e. The van der Waals surface area contributed by atoms with Gasteiger partial charge in [0.15, 0.2) is 0 Å². The van der Waals surface area contributed by atoms with Gasteiger partial charge in [0.25, 0.3) is 0 Å². The highest BCUT2D eigenvalue weighted by molar-refractivity contribution is 9.10. The lowest BCUT2D eigenvalue weighted by Crippen LogP contribution is -2.33. The number of phenols is 1. The van der Waals surface area contributed by atoms with Crippen molar-refractivity contribution in [3.05, 3.63) is 28.2 Å². The normalized spacial score (nSPS) is 31.0. The average Bonchev–Trinajstić information content (AvgIpc) is 2.93. The van der Waals surface area contributed by atoms with E-state index in [-0.39, 0.29) is 0 Å². The zero-order valence-electron chi connectivity index (χ0n) is 9.82. The smallest absolute Gasteiger partial charge is 0.134 e. The zero-order valence-corrected chi connectivity index (χ0v) is 11.4. The Bertz CT molecular complexity index is 421. The molecule has 92 valence electrons. The third-order valence-electron chi connectivity index (χ3n) is 4.36. The number of hydrogen-bond acceptors (Lipinski definition) is 2. The molecule has 0 radical (unpaired) electrons. The number of aromatic hydroxyl groups is 1. The van der Waals surface area contributed by atoms with Crippen LogP contribution in [0.15, 0.2) is 22.7 Å². The van der Waals surface area contributed by atoms with E-state index >= 15 is 0 Å². The Kier molecular flexibility index (Phi) is 3.14. The molecule has 3 unspecified atom stereocenters. The van der Waals surface area contributed by atoms with Gasteiger partial charge in [-0.05, 0) is 53.1 Å². The van der Waals surface area contributed by atoms with E-state index in [2.05, 4.69) is 21.2 Å². The molecule has 2 fully saturated rings. The number of nitrogens with one attached hydrogen (secondary N) is 1. The Morgan fingerprint density at radius 2 is 2.18 bits per heavy atom. The van der Waals surface area contributed by atoms with Gasteiger partial charge in [0, 0.05) is 18.2 Å². The number of halogens is 1. The molecule has 17 heavy (non-hydrogen) atoms. The van der Waals surface area contributed by atoms with E-state index in [1.807, 2.05) is 18.2 Å². The molecule has 0 saturated heterocycles. The van der Waals surface area contributed by atoms with Gasteiger partial charge in [-0.2, -0.15) is 0 Å². The molecule has 2 aliphatic rings. The first-order valence-corrected chi connectivity index (χ1v) is 7.23. The van der Waals surface area contributed by atoms with Crippen molar-refractivity contribution < 1.29 is 5.11 Å². The molecule has 2 bridgehead atoms. The lowest BCUT2D eigenvalue weighted by Gasteiger charge is -2.23. The van der Waals surface area contributed by atoms with Crippen molar-refractivity contribution in [1.82, 2.24) is 5.32 Å². The van der Waals surface area contributed by atoms with Crippen molar-refractivity contribution in [3.63, 3.8) is 0 Å². The van der Waals surface area contributed by atoms with Crippen LogP contribution < -0.4 is 5.32 Å². The molecular weight excluding hydrogens is 278 g/mol. The highest BCUT2D eigenvalue weighted by Crippen LogP contribution is 2.44. The number of benzene rings is 1. The minimum Gasteiger partial charge on any atom is -0.506 e. The van der Waals surface area contributed by atoms with E-state index in [0.717, 1.165) is 28.4 Å². The van der Waals surface area contributed by atoms with Crippen LogP contribution in [0.1, 0.15) is 31.2 Å². The van der Waals surface area contributed by atoms with Crippen LogP contribution in [-0.2, 0) is 6.54 Å². The van der Waals surface area contributed by atoms with Crippen LogP contribution in [-0.4, -0.2) is 11.1 Å². The van der Waals surface area contributed by atoms with E-state index in [4.69, 9.17) is 0 Å². The van der Waals surface area contributed by atoms with Crippen molar-refractivity contribution in [3.8, 4) is 5.75 Å². The largest absolute Gasteiger partial charge is 0.506 e. The van der Waals surface area contributed by atoms with Crippen molar-refractivity contribution in [2.24, 2.45) is 11.8 Å². The molecule has 0 aliphatic heterocycles. The summed E-state index contributed by atoms with van der Waals surface area (Å²) >= 11 is 3.35. The lowest BCUT2D eigenvalue weighted by molar-refractivity contribution is 0.348. The van der Waals surface area contributed by atoms with Crippen LogP contribution >= 0.6 is 15.9 Å². The summed E-state index contributed by atoms with van der Waals surface area (Å²) in [5.74, 6) is 2.23. The first-order chi connectivity index (χ1) is 8.24. The van der Waals surface area contributed by atoms with E-state index in [1.165, 1.54) is 25.7 Å².